The Labute approximate surface area is 318 Å². The first-order chi connectivity index (χ1) is 25.5. The van der Waals surface area contributed by atoms with Crippen LogP contribution >= 0.6 is 11.8 Å². The predicted octanol–water partition coefficient (Wildman–Crippen LogP) is 7.34. The molecule has 12 nitrogen and oxygen atoms in total. The van der Waals surface area contributed by atoms with Crippen molar-refractivity contribution in [3.05, 3.63) is 89.4 Å². The van der Waals surface area contributed by atoms with Gasteiger partial charge in [-0.25, -0.2) is 14.0 Å². The number of nitrogens with zero attached hydrogens (tertiary/aromatic N) is 2. The van der Waals surface area contributed by atoms with Crippen LogP contribution in [0.4, 0.5) is 19.7 Å². The summed E-state index contributed by atoms with van der Waals surface area (Å²) in [7, 11) is 1.62. The van der Waals surface area contributed by atoms with E-state index in [-0.39, 0.29) is 43.4 Å². The van der Waals surface area contributed by atoms with Crippen molar-refractivity contribution in [2.45, 2.75) is 82.2 Å². The molecule has 1 fully saturated rings. The number of fused-ring (bicyclic) bond motifs is 1. The average molecular weight is 761 g/mol. The smallest absolute Gasteiger partial charge is 0.408 e. The van der Waals surface area contributed by atoms with Gasteiger partial charge in [-0.2, -0.15) is 0 Å². The van der Waals surface area contributed by atoms with Crippen molar-refractivity contribution in [2.24, 2.45) is 5.16 Å². The lowest BCUT2D eigenvalue weighted by atomic mass is 9.92. The minimum absolute atomic E-state index is 0.138. The Hall–Kier alpha value is -5.08. The van der Waals surface area contributed by atoms with Gasteiger partial charge < -0.3 is 39.3 Å². The maximum Gasteiger partial charge on any atom is 0.408 e. The summed E-state index contributed by atoms with van der Waals surface area (Å²) < 4.78 is 37.6. The van der Waals surface area contributed by atoms with Crippen LogP contribution in [0.2, 0.25) is 0 Å². The molecule has 0 radical (unpaired) electrons. The zero-order valence-corrected chi connectivity index (χ0v) is 32.2. The van der Waals surface area contributed by atoms with Crippen LogP contribution in [0, 0.1) is 5.82 Å². The number of rotatable bonds is 8. The third-order valence-corrected chi connectivity index (χ3v) is 9.81. The number of benzene rings is 3. The van der Waals surface area contributed by atoms with E-state index < -0.39 is 40.8 Å². The first-order valence-electron chi connectivity index (χ1n) is 17.6. The standard InChI is InChI=1S/C40H45FN4O8S/c1-38(2,3)51-36(47)42-31-21-54-33-19-29(41)28(30-16-17-34(53-44-30)40(22-50-23-40)43-37(48)52-39(4,5)6)18-32(33)45(35(31)46)20-24-8-10-25(11-9-24)26-12-14-27(49-7)15-13-26/h8-15,17-19,31H,16,20-23H2,1-7H3,(H,42,47)(H,43,48)/t31-/m0/s1. The summed E-state index contributed by atoms with van der Waals surface area (Å²) in [6, 6.07) is 17.5. The summed E-state index contributed by atoms with van der Waals surface area (Å²) in [5.74, 6) is 0.338. The lowest BCUT2D eigenvalue weighted by Gasteiger charge is -2.42. The maximum atomic E-state index is 16.0. The summed E-state index contributed by atoms with van der Waals surface area (Å²) in [5, 5.41) is 9.84. The molecule has 2 N–H and O–H groups in total. The Balaban J connectivity index is 1.28. The molecule has 3 aliphatic rings. The van der Waals surface area contributed by atoms with Crippen molar-refractivity contribution in [1.82, 2.24) is 10.6 Å². The van der Waals surface area contributed by atoms with E-state index in [1.165, 1.54) is 17.8 Å². The number of halogens is 1. The molecule has 54 heavy (non-hydrogen) atoms. The van der Waals surface area contributed by atoms with Gasteiger partial charge in [0.1, 0.15) is 34.3 Å². The molecule has 1 atom stereocenters. The molecule has 0 spiro atoms. The number of methoxy groups -OCH3 is 1. The number of ether oxygens (including phenoxy) is 4. The maximum absolute atomic E-state index is 16.0. The van der Waals surface area contributed by atoms with Crippen LogP contribution in [-0.4, -0.2) is 72.7 Å². The molecule has 0 aromatic heterocycles. The summed E-state index contributed by atoms with van der Waals surface area (Å²) in [6.07, 6.45) is 0.560. The van der Waals surface area contributed by atoms with Crippen LogP contribution in [0.3, 0.4) is 0 Å². The summed E-state index contributed by atoms with van der Waals surface area (Å²) in [6.45, 7) is 11.0. The molecule has 14 heteroatoms. The van der Waals surface area contributed by atoms with E-state index in [1.807, 2.05) is 48.5 Å². The minimum Gasteiger partial charge on any atom is -0.497 e. The number of carbonyl (C=O) groups is 3. The van der Waals surface area contributed by atoms with Crippen molar-refractivity contribution in [2.75, 3.05) is 31.0 Å². The molecule has 3 aliphatic heterocycles. The van der Waals surface area contributed by atoms with E-state index in [4.69, 9.17) is 23.8 Å². The molecule has 286 valence electrons. The summed E-state index contributed by atoms with van der Waals surface area (Å²) in [4.78, 5) is 47.6. The zero-order valence-electron chi connectivity index (χ0n) is 31.4. The van der Waals surface area contributed by atoms with Crippen LogP contribution in [-0.2, 0) is 30.4 Å². The first-order valence-corrected chi connectivity index (χ1v) is 18.6. The van der Waals surface area contributed by atoms with Gasteiger partial charge in [0.05, 0.1) is 38.3 Å². The fraction of sp³-hybridized carbons (Fsp3) is 0.400. The number of hydrogen-bond acceptors (Lipinski definition) is 10. The number of amides is 3. The van der Waals surface area contributed by atoms with Crippen molar-refractivity contribution in [1.29, 1.82) is 0 Å². The second-order valence-electron chi connectivity index (χ2n) is 15.3. The van der Waals surface area contributed by atoms with Gasteiger partial charge in [0.15, 0.2) is 5.76 Å². The molecule has 3 aromatic carbocycles. The molecule has 0 unspecified atom stereocenters. The number of carbonyl (C=O) groups excluding carboxylic acids is 3. The Bertz CT molecular complexity index is 1970. The van der Waals surface area contributed by atoms with Gasteiger partial charge in [0.25, 0.3) is 5.91 Å². The second kappa shape index (κ2) is 15.3. The van der Waals surface area contributed by atoms with Gasteiger partial charge in [0.2, 0.25) is 0 Å². The molecule has 0 aliphatic carbocycles. The van der Waals surface area contributed by atoms with Crippen molar-refractivity contribution >= 4 is 41.3 Å². The SMILES string of the molecule is COc1ccc(-c2ccc(CN3C(=O)[C@@H](NC(=O)OC(C)(C)C)CSc4cc(F)c(C5=NOC(C6(NC(=O)OC(C)(C)C)COC6)=CC5)cc43)cc2)cc1. The Kier molecular flexibility index (Phi) is 11.0. The predicted molar refractivity (Wildman–Crippen MR) is 203 cm³/mol. The molecule has 3 amide bonds. The normalized spacial score (nSPS) is 18.1. The summed E-state index contributed by atoms with van der Waals surface area (Å²) in [5.41, 5.74) is 1.25. The largest absolute Gasteiger partial charge is 0.497 e. The second-order valence-corrected chi connectivity index (χ2v) is 16.3. The van der Waals surface area contributed by atoms with Crippen LogP contribution in [0.15, 0.2) is 82.6 Å². The van der Waals surface area contributed by atoms with Gasteiger partial charge in [-0.05, 0) is 88.6 Å². The minimum atomic E-state index is -0.970. The molecule has 1 saturated heterocycles. The van der Waals surface area contributed by atoms with E-state index in [0.717, 1.165) is 22.4 Å². The third-order valence-electron chi connectivity index (χ3n) is 8.67. The number of nitrogens with one attached hydrogen (secondary N) is 2. The van der Waals surface area contributed by atoms with Crippen LogP contribution in [0.1, 0.15) is 59.1 Å². The molecule has 0 saturated carbocycles. The number of alkyl carbamates (subject to hydrolysis) is 2. The number of thioether (sulfide) groups is 1. The molecule has 6 rings (SSSR count). The average Bonchev–Trinajstić information content (AvgIpc) is 3.20. The highest BCUT2D eigenvalue weighted by Gasteiger charge is 2.47. The Morgan fingerprint density at radius 1 is 0.963 bits per heavy atom. The van der Waals surface area contributed by atoms with Crippen molar-refractivity contribution in [3.63, 3.8) is 0 Å². The van der Waals surface area contributed by atoms with Gasteiger partial charge in [0, 0.05) is 22.6 Å². The molecule has 0 bridgehead atoms. The highest BCUT2D eigenvalue weighted by molar-refractivity contribution is 7.99. The van der Waals surface area contributed by atoms with Gasteiger partial charge in [-0.3, -0.25) is 4.79 Å². The van der Waals surface area contributed by atoms with E-state index in [0.29, 0.717) is 22.1 Å². The topological polar surface area (TPSA) is 137 Å². The fourth-order valence-corrected chi connectivity index (χ4v) is 7.09. The van der Waals surface area contributed by atoms with Gasteiger partial charge in [-0.15, -0.1) is 11.8 Å². The summed E-state index contributed by atoms with van der Waals surface area (Å²) >= 11 is 1.26. The quantitative estimate of drug-likeness (QED) is 0.242. The van der Waals surface area contributed by atoms with Crippen LogP contribution < -0.4 is 20.3 Å². The zero-order chi connectivity index (χ0) is 38.8. The van der Waals surface area contributed by atoms with Crippen molar-refractivity contribution in [3.8, 4) is 16.9 Å². The molecular weight excluding hydrogens is 716 g/mol. The van der Waals surface area contributed by atoms with Crippen LogP contribution in [0.5, 0.6) is 5.75 Å². The first kappa shape index (κ1) is 38.6. The van der Waals surface area contributed by atoms with Gasteiger partial charge in [-0.1, -0.05) is 41.6 Å². The van der Waals surface area contributed by atoms with Crippen molar-refractivity contribution < 1.29 is 42.6 Å². The molecule has 3 heterocycles. The monoisotopic (exact) mass is 760 g/mol. The number of hydrogen-bond donors (Lipinski definition) is 2. The highest BCUT2D eigenvalue weighted by Crippen LogP contribution is 2.39. The Morgan fingerprint density at radius 3 is 2.15 bits per heavy atom. The van der Waals surface area contributed by atoms with Gasteiger partial charge >= 0.3 is 12.2 Å². The van der Waals surface area contributed by atoms with E-state index in [2.05, 4.69) is 15.8 Å². The number of oxime groups is 1. The molecular formula is C40H45FN4O8S. The molecule has 3 aromatic rings. The van der Waals surface area contributed by atoms with E-state index in [9.17, 15) is 14.4 Å². The fourth-order valence-electron chi connectivity index (χ4n) is 6.02. The number of anilines is 1. The van der Waals surface area contributed by atoms with E-state index >= 15 is 4.39 Å². The lowest BCUT2D eigenvalue weighted by Crippen LogP contribution is -2.64. The van der Waals surface area contributed by atoms with Crippen LogP contribution in [0.25, 0.3) is 11.1 Å². The Morgan fingerprint density at radius 2 is 1.59 bits per heavy atom. The number of allylic oxidation sites excluding steroid dienone is 1. The third kappa shape index (κ3) is 8.99. The van der Waals surface area contributed by atoms with E-state index in [1.54, 1.807) is 65.7 Å². The lowest BCUT2D eigenvalue weighted by molar-refractivity contribution is -0.120. The highest BCUT2D eigenvalue weighted by atomic mass is 32.2.